The monoisotopic (exact) mass is 382 g/mol. The molecule has 1 saturated heterocycles. The van der Waals surface area contributed by atoms with Gasteiger partial charge in [0.25, 0.3) is 0 Å². The molecular formula is C17H23BrN2O3. The molecule has 1 amide bonds. The highest BCUT2D eigenvalue weighted by Crippen LogP contribution is 2.26. The first-order valence-electron chi connectivity index (χ1n) is 7.77. The molecule has 1 aliphatic heterocycles. The summed E-state index contributed by atoms with van der Waals surface area (Å²) in [5.74, 6) is -0.941. The summed E-state index contributed by atoms with van der Waals surface area (Å²) in [6, 6.07) is 8.26. The number of rotatable bonds is 6. The Bertz CT molecular complexity index is 572. The topological polar surface area (TPSA) is 69.6 Å². The number of anilines is 1. The lowest BCUT2D eigenvalue weighted by molar-refractivity contribution is -0.139. The van der Waals surface area contributed by atoms with Gasteiger partial charge in [0.05, 0.1) is 6.42 Å². The number of halogens is 1. The second-order valence-corrected chi connectivity index (χ2v) is 7.80. The van der Waals surface area contributed by atoms with Gasteiger partial charge in [-0.05, 0) is 36.1 Å². The minimum Gasteiger partial charge on any atom is -0.481 e. The molecule has 1 fully saturated rings. The zero-order valence-corrected chi connectivity index (χ0v) is 15.1. The lowest BCUT2D eigenvalue weighted by Crippen LogP contribution is -2.39. The standard InChI is InChI=1S/C17H23BrN2O3/c1-17(2,10-16(22)23)9-15(21)19-13-7-8-20(11-13)14-5-3-12(18)4-6-14/h3-6,13H,7-11H2,1-2H3,(H,19,21)(H,22,23). The summed E-state index contributed by atoms with van der Waals surface area (Å²) in [6.45, 7) is 5.31. The smallest absolute Gasteiger partial charge is 0.303 e. The van der Waals surface area contributed by atoms with Crippen molar-refractivity contribution in [1.82, 2.24) is 5.32 Å². The van der Waals surface area contributed by atoms with Gasteiger partial charge in [0.15, 0.2) is 0 Å². The van der Waals surface area contributed by atoms with E-state index in [0.717, 1.165) is 29.7 Å². The van der Waals surface area contributed by atoms with Crippen LogP contribution in [0.2, 0.25) is 0 Å². The highest BCUT2D eigenvalue weighted by Gasteiger charge is 2.28. The summed E-state index contributed by atoms with van der Waals surface area (Å²) >= 11 is 3.43. The first-order chi connectivity index (χ1) is 10.7. The Labute approximate surface area is 145 Å². The van der Waals surface area contributed by atoms with Crippen molar-refractivity contribution in [3.63, 3.8) is 0 Å². The summed E-state index contributed by atoms with van der Waals surface area (Å²) in [7, 11) is 0. The average molecular weight is 383 g/mol. The SMILES string of the molecule is CC(C)(CC(=O)O)CC(=O)NC1CCN(c2ccc(Br)cc2)C1. The molecule has 1 aliphatic rings. The first-order valence-corrected chi connectivity index (χ1v) is 8.56. The number of nitrogens with one attached hydrogen (secondary N) is 1. The van der Waals surface area contributed by atoms with Crippen LogP contribution in [0, 0.1) is 5.41 Å². The van der Waals surface area contributed by atoms with E-state index in [2.05, 4.69) is 38.3 Å². The number of benzene rings is 1. The summed E-state index contributed by atoms with van der Waals surface area (Å²) in [6.07, 6.45) is 1.13. The molecule has 23 heavy (non-hydrogen) atoms. The first kappa shape index (κ1) is 17.8. The molecule has 1 aromatic rings. The van der Waals surface area contributed by atoms with Crippen LogP contribution in [0.5, 0.6) is 0 Å². The fraction of sp³-hybridized carbons (Fsp3) is 0.529. The maximum absolute atomic E-state index is 12.2. The van der Waals surface area contributed by atoms with E-state index in [9.17, 15) is 9.59 Å². The summed E-state index contributed by atoms with van der Waals surface area (Å²) in [4.78, 5) is 25.2. The van der Waals surface area contributed by atoms with Crippen LogP contribution >= 0.6 is 15.9 Å². The van der Waals surface area contributed by atoms with Crippen LogP contribution in [0.3, 0.4) is 0 Å². The number of nitrogens with zero attached hydrogens (tertiary/aromatic N) is 1. The van der Waals surface area contributed by atoms with Gasteiger partial charge < -0.3 is 15.3 Å². The van der Waals surface area contributed by atoms with Crippen LogP contribution < -0.4 is 10.2 Å². The predicted molar refractivity (Wildman–Crippen MR) is 93.6 cm³/mol. The summed E-state index contributed by atoms with van der Waals surface area (Å²) in [5, 5.41) is 11.9. The fourth-order valence-electron chi connectivity index (χ4n) is 2.95. The number of carboxylic acid groups (broad SMARTS) is 1. The van der Waals surface area contributed by atoms with Gasteiger partial charge in [-0.25, -0.2) is 0 Å². The Hall–Kier alpha value is -1.56. The lowest BCUT2D eigenvalue weighted by atomic mass is 9.85. The van der Waals surface area contributed by atoms with Crippen molar-refractivity contribution in [3.8, 4) is 0 Å². The number of amides is 1. The van der Waals surface area contributed by atoms with E-state index in [1.807, 2.05) is 26.0 Å². The van der Waals surface area contributed by atoms with Crippen LogP contribution in [0.25, 0.3) is 0 Å². The molecule has 1 atom stereocenters. The molecule has 0 radical (unpaired) electrons. The van der Waals surface area contributed by atoms with Gasteiger partial charge in [0, 0.05) is 35.7 Å². The third kappa shape index (κ3) is 5.53. The van der Waals surface area contributed by atoms with Crippen molar-refractivity contribution in [3.05, 3.63) is 28.7 Å². The van der Waals surface area contributed by atoms with Crippen molar-refractivity contribution in [2.24, 2.45) is 5.41 Å². The Morgan fingerprint density at radius 2 is 1.96 bits per heavy atom. The molecule has 1 aromatic carbocycles. The number of hydrogen-bond donors (Lipinski definition) is 2. The van der Waals surface area contributed by atoms with E-state index >= 15 is 0 Å². The predicted octanol–water partition coefficient (Wildman–Crippen LogP) is 3.04. The molecule has 5 nitrogen and oxygen atoms in total. The van der Waals surface area contributed by atoms with Gasteiger partial charge in [-0.2, -0.15) is 0 Å². The maximum atomic E-state index is 12.2. The largest absolute Gasteiger partial charge is 0.481 e. The minimum absolute atomic E-state index is 0.00386. The highest BCUT2D eigenvalue weighted by atomic mass is 79.9. The Kier molecular flexibility index (Phi) is 5.68. The van der Waals surface area contributed by atoms with E-state index < -0.39 is 11.4 Å². The molecule has 0 bridgehead atoms. The molecule has 1 heterocycles. The molecule has 0 aliphatic carbocycles. The zero-order chi connectivity index (χ0) is 17.0. The van der Waals surface area contributed by atoms with Gasteiger partial charge >= 0.3 is 5.97 Å². The normalized spacial score (nSPS) is 18.0. The van der Waals surface area contributed by atoms with Crippen molar-refractivity contribution < 1.29 is 14.7 Å². The quantitative estimate of drug-likeness (QED) is 0.792. The van der Waals surface area contributed by atoms with Crippen molar-refractivity contribution in [2.75, 3.05) is 18.0 Å². The molecule has 0 spiro atoms. The Balaban J connectivity index is 1.84. The molecular weight excluding hydrogens is 360 g/mol. The Morgan fingerprint density at radius 1 is 1.30 bits per heavy atom. The second-order valence-electron chi connectivity index (χ2n) is 6.89. The molecule has 6 heteroatoms. The van der Waals surface area contributed by atoms with Gasteiger partial charge in [-0.15, -0.1) is 0 Å². The van der Waals surface area contributed by atoms with E-state index in [-0.39, 0.29) is 24.8 Å². The molecule has 2 rings (SSSR count). The van der Waals surface area contributed by atoms with Gasteiger partial charge in [0.2, 0.25) is 5.91 Å². The molecule has 0 saturated carbocycles. The highest BCUT2D eigenvalue weighted by molar-refractivity contribution is 9.10. The van der Waals surface area contributed by atoms with Crippen LogP contribution in [-0.2, 0) is 9.59 Å². The van der Waals surface area contributed by atoms with Crippen LogP contribution in [0.15, 0.2) is 28.7 Å². The zero-order valence-electron chi connectivity index (χ0n) is 13.5. The summed E-state index contributed by atoms with van der Waals surface area (Å²) < 4.78 is 1.05. The molecule has 126 valence electrons. The van der Waals surface area contributed by atoms with Crippen molar-refractivity contribution in [2.45, 2.75) is 39.2 Å². The van der Waals surface area contributed by atoms with Crippen LogP contribution in [-0.4, -0.2) is 36.1 Å². The van der Waals surface area contributed by atoms with E-state index in [1.54, 1.807) is 0 Å². The second kappa shape index (κ2) is 7.34. The fourth-order valence-corrected chi connectivity index (χ4v) is 3.21. The van der Waals surface area contributed by atoms with E-state index in [1.165, 1.54) is 0 Å². The number of hydrogen-bond acceptors (Lipinski definition) is 3. The number of carboxylic acids is 1. The van der Waals surface area contributed by atoms with Crippen molar-refractivity contribution in [1.29, 1.82) is 0 Å². The average Bonchev–Trinajstić information content (AvgIpc) is 2.85. The molecule has 2 N–H and O–H groups in total. The van der Waals surface area contributed by atoms with Crippen LogP contribution in [0.1, 0.15) is 33.1 Å². The third-order valence-corrected chi connectivity index (χ3v) is 4.54. The lowest BCUT2D eigenvalue weighted by Gasteiger charge is -2.23. The third-order valence-electron chi connectivity index (χ3n) is 4.01. The molecule has 1 unspecified atom stereocenters. The number of carbonyl (C=O) groups excluding carboxylic acids is 1. The number of aliphatic carboxylic acids is 1. The van der Waals surface area contributed by atoms with Gasteiger partial charge in [0.1, 0.15) is 0 Å². The maximum Gasteiger partial charge on any atom is 0.303 e. The minimum atomic E-state index is -0.870. The van der Waals surface area contributed by atoms with Crippen molar-refractivity contribution >= 4 is 33.5 Å². The Morgan fingerprint density at radius 3 is 2.57 bits per heavy atom. The van der Waals surface area contributed by atoms with Crippen LogP contribution in [0.4, 0.5) is 5.69 Å². The van der Waals surface area contributed by atoms with E-state index in [4.69, 9.17) is 5.11 Å². The van der Waals surface area contributed by atoms with Gasteiger partial charge in [-0.3, -0.25) is 9.59 Å². The van der Waals surface area contributed by atoms with E-state index in [0.29, 0.717) is 0 Å². The molecule has 0 aromatic heterocycles. The number of carbonyl (C=O) groups is 2. The van der Waals surface area contributed by atoms with Gasteiger partial charge in [-0.1, -0.05) is 29.8 Å². The summed E-state index contributed by atoms with van der Waals surface area (Å²) in [5.41, 5.74) is 0.621.